The summed E-state index contributed by atoms with van der Waals surface area (Å²) in [6.45, 7) is 7.54. The summed E-state index contributed by atoms with van der Waals surface area (Å²) in [6, 6.07) is 6.06. The molecule has 2 atom stereocenters. The van der Waals surface area contributed by atoms with E-state index in [0.717, 1.165) is 52.4 Å². The Balaban J connectivity index is 1.28. The third-order valence-electron chi connectivity index (χ3n) is 8.14. The van der Waals surface area contributed by atoms with E-state index in [2.05, 4.69) is 14.1 Å². The Morgan fingerprint density at radius 1 is 0.588 bits per heavy atom. The molecule has 0 aromatic heterocycles. The van der Waals surface area contributed by atoms with Gasteiger partial charge in [-0.25, -0.2) is 9.80 Å². The first-order valence-electron chi connectivity index (χ1n) is 12.5. The Kier molecular flexibility index (Phi) is 6.24. The van der Waals surface area contributed by atoms with Crippen LogP contribution in [0.3, 0.4) is 0 Å². The van der Waals surface area contributed by atoms with Gasteiger partial charge < -0.3 is 19.6 Å². The summed E-state index contributed by atoms with van der Waals surface area (Å²) in [6.07, 6.45) is 0.463. The lowest BCUT2D eigenvalue weighted by Gasteiger charge is -2.30. The molecule has 1 aromatic rings. The standard InChI is InChI=1S/C24H32N6O4/c1-25-7-11-27(12-8-25)19-15-21(31)29(23(19)33)17-3-5-18(6-4-17)30-22(32)16-20(24(30)34)28-13-9-26(2)10-14-28/h3-6,19-20H,7-16H2,1-2H3/p+4/t19-,20-/m0/s1. The average molecular weight is 473 g/mol. The predicted octanol–water partition coefficient (Wildman–Crippen LogP) is -6.22. The number of piperazine rings is 2. The van der Waals surface area contributed by atoms with Crippen LogP contribution >= 0.6 is 0 Å². The van der Waals surface area contributed by atoms with Gasteiger partial charge in [0.1, 0.15) is 52.4 Å². The lowest BCUT2D eigenvalue weighted by Crippen LogP contribution is -3.29. The molecule has 0 spiro atoms. The number of nitrogens with one attached hydrogen (secondary N) is 4. The normalized spacial score (nSPS) is 34.9. The highest BCUT2D eigenvalue weighted by Gasteiger charge is 2.48. The van der Waals surface area contributed by atoms with Crippen LogP contribution in [0.2, 0.25) is 0 Å². The molecule has 0 unspecified atom stereocenters. The fourth-order valence-electron chi connectivity index (χ4n) is 5.89. The second kappa shape index (κ2) is 9.18. The molecule has 4 heterocycles. The monoisotopic (exact) mass is 472 g/mol. The van der Waals surface area contributed by atoms with Crippen molar-refractivity contribution in [2.24, 2.45) is 0 Å². The molecular formula is C24H36N6O4+4. The second-order valence-electron chi connectivity index (χ2n) is 10.4. The fraction of sp³-hybridized carbons (Fsp3) is 0.583. The van der Waals surface area contributed by atoms with Crippen molar-refractivity contribution >= 4 is 35.0 Å². The van der Waals surface area contributed by atoms with E-state index in [1.165, 1.54) is 29.4 Å². The molecule has 4 aliphatic heterocycles. The lowest BCUT2D eigenvalue weighted by molar-refractivity contribution is -1.01. The van der Waals surface area contributed by atoms with Crippen molar-refractivity contribution in [3.8, 4) is 0 Å². The summed E-state index contributed by atoms with van der Waals surface area (Å²) in [5.74, 6) is -0.672. The Morgan fingerprint density at radius 3 is 1.24 bits per heavy atom. The number of imide groups is 2. The van der Waals surface area contributed by atoms with Crippen molar-refractivity contribution in [3.63, 3.8) is 0 Å². The van der Waals surface area contributed by atoms with Crippen molar-refractivity contribution in [1.82, 2.24) is 0 Å². The van der Waals surface area contributed by atoms with Gasteiger partial charge >= 0.3 is 0 Å². The minimum Gasteiger partial charge on any atom is -0.328 e. The van der Waals surface area contributed by atoms with Crippen LogP contribution in [0.25, 0.3) is 0 Å². The van der Waals surface area contributed by atoms with Gasteiger partial charge in [-0.1, -0.05) is 0 Å². The van der Waals surface area contributed by atoms with Crippen molar-refractivity contribution < 1.29 is 38.8 Å². The third-order valence-corrected chi connectivity index (χ3v) is 8.14. The molecule has 5 rings (SSSR count). The van der Waals surface area contributed by atoms with Gasteiger partial charge in [0.25, 0.3) is 11.8 Å². The molecule has 10 nitrogen and oxygen atoms in total. The number of nitrogens with zero attached hydrogens (tertiary/aromatic N) is 2. The van der Waals surface area contributed by atoms with E-state index in [0.29, 0.717) is 11.4 Å². The van der Waals surface area contributed by atoms with Crippen LogP contribution in [0.5, 0.6) is 0 Å². The minimum atomic E-state index is -0.323. The maximum atomic E-state index is 13.1. The number of benzene rings is 1. The van der Waals surface area contributed by atoms with Gasteiger partial charge in [0, 0.05) is 0 Å². The lowest BCUT2D eigenvalue weighted by atomic mass is 10.2. The molecule has 4 amide bonds. The fourth-order valence-corrected chi connectivity index (χ4v) is 5.89. The molecule has 182 valence electrons. The average Bonchev–Trinajstić information content (AvgIpc) is 3.29. The summed E-state index contributed by atoms with van der Waals surface area (Å²) < 4.78 is 0. The van der Waals surface area contributed by atoms with Crippen LogP contribution < -0.4 is 29.4 Å². The molecular weight excluding hydrogens is 436 g/mol. The molecule has 4 N–H and O–H groups in total. The molecule has 0 radical (unpaired) electrons. The highest BCUT2D eigenvalue weighted by molar-refractivity contribution is 6.23. The zero-order chi connectivity index (χ0) is 24.0. The highest BCUT2D eigenvalue weighted by atomic mass is 16.2. The molecule has 10 heteroatoms. The minimum absolute atomic E-state index is 0.151. The largest absolute Gasteiger partial charge is 0.328 e. The predicted molar refractivity (Wildman–Crippen MR) is 123 cm³/mol. The quantitative estimate of drug-likeness (QED) is 0.328. The summed E-state index contributed by atoms with van der Waals surface area (Å²) in [4.78, 5) is 59.6. The van der Waals surface area contributed by atoms with E-state index in [4.69, 9.17) is 0 Å². The second-order valence-corrected chi connectivity index (χ2v) is 10.4. The van der Waals surface area contributed by atoms with Crippen LogP contribution in [0.4, 0.5) is 11.4 Å². The summed E-state index contributed by atoms with van der Waals surface area (Å²) in [7, 11) is 4.30. The third kappa shape index (κ3) is 4.15. The van der Waals surface area contributed by atoms with Crippen LogP contribution in [0, 0.1) is 0 Å². The van der Waals surface area contributed by atoms with Crippen LogP contribution in [-0.4, -0.2) is 102 Å². The van der Waals surface area contributed by atoms with Gasteiger partial charge in [-0.15, -0.1) is 0 Å². The Labute approximate surface area is 199 Å². The van der Waals surface area contributed by atoms with Crippen molar-refractivity contribution in [2.45, 2.75) is 24.9 Å². The van der Waals surface area contributed by atoms with Crippen molar-refractivity contribution in [1.29, 1.82) is 0 Å². The van der Waals surface area contributed by atoms with E-state index in [1.54, 1.807) is 24.3 Å². The molecule has 0 saturated carbocycles. The summed E-state index contributed by atoms with van der Waals surface area (Å²) >= 11 is 0. The number of amides is 4. The van der Waals surface area contributed by atoms with Gasteiger partial charge in [-0.3, -0.25) is 19.2 Å². The maximum absolute atomic E-state index is 13.1. The Morgan fingerprint density at radius 2 is 0.912 bits per heavy atom. The smallest absolute Gasteiger partial charge is 0.292 e. The van der Waals surface area contributed by atoms with Crippen LogP contribution in [-0.2, 0) is 19.2 Å². The number of carbonyl (C=O) groups is 4. The Hall–Kier alpha value is -2.66. The summed E-state index contributed by atoms with van der Waals surface area (Å²) in [5.41, 5.74) is 1.01. The maximum Gasteiger partial charge on any atom is 0.292 e. The number of rotatable bonds is 4. The van der Waals surface area contributed by atoms with E-state index >= 15 is 0 Å². The SMILES string of the molecule is C[NH+]1CC[NH+]([C@H]2CC(=O)N(c3ccc(N4C(=O)C[C@H]([NH+]5CC[NH+](C)CC5)C4=O)cc3)C2=O)CC1. The number of quaternary nitrogens is 4. The van der Waals surface area contributed by atoms with E-state index in [-0.39, 0.29) is 48.6 Å². The Bertz CT molecular complexity index is 903. The molecule has 0 aliphatic carbocycles. The number of hydrogen-bond acceptors (Lipinski definition) is 4. The van der Waals surface area contributed by atoms with Gasteiger partial charge in [0.15, 0.2) is 12.1 Å². The number of likely N-dealkylation sites (N-methyl/N-ethyl adjacent to an activating group) is 2. The van der Waals surface area contributed by atoms with Crippen molar-refractivity contribution in [3.05, 3.63) is 24.3 Å². The van der Waals surface area contributed by atoms with E-state index in [1.807, 2.05) is 0 Å². The van der Waals surface area contributed by atoms with Gasteiger partial charge in [0.2, 0.25) is 11.8 Å². The zero-order valence-corrected chi connectivity index (χ0v) is 20.1. The van der Waals surface area contributed by atoms with Gasteiger partial charge in [-0.05, 0) is 24.3 Å². The molecule has 1 aromatic carbocycles. The zero-order valence-electron chi connectivity index (χ0n) is 20.1. The highest BCUT2D eigenvalue weighted by Crippen LogP contribution is 2.27. The first kappa shape index (κ1) is 23.1. The van der Waals surface area contributed by atoms with Crippen LogP contribution in [0.1, 0.15) is 12.8 Å². The molecule has 4 aliphatic rings. The topological polar surface area (TPSA) is 92.5 Å². The summed E-state index contributed by atoms with van der Waals surface area (Å²) in [5, 5.41) is 0. The van der Waals surface area contributed by atoms with Gasteiger partial charge in [0.05, 0.1) is 38.3 Å². The van der Waals surface area contributed by atoms with E-state index in [9.17, 15) is 19.2 Å². The van der Waals surface area contributed by atoms with Gasteiger partial charge in [-0.2, -0.15) is 0 Å². The first-order valence-corrected chi connectivity index (χ1v) is 12.5. The molecule has 0 bridgehead atoms. The number of hydrogen-bond donors (Lipinski definition) is 4. The number of anilines is 2. The molecule has 4 saturated heterocycles. The molecule has 4 fully saturated rings. The van der Waals surface area contributed by atoms with E-state index < -0.39 is 0 Å². The van der Waals surface area contributed by atoms with Crippen molar-refractivity contribution in [2.75, 3.05) is 76.3 Å². The first-order chi connectivity index (χ1) is 16.3. The molecule has 34 heavy (non-hydrogen) atoms. The number of carbonyl (C=O) groups excluding carboxylic acids is 4. The van der Waals surface area contributed by atoms with Crippen LogP contribution in [0.15, 0.2) is 24.3 Å².